The lowest BCUT2D eigenvalue weighted by molar-refractivity contribution is 0.881. The van der Waals surface area contributed by atoms with E-state index < -0.39 is 0 Å². The zero-order chi connectivity index (χ0) is 26.0. The van der Waals surface area contributed by atoms with Gasteiger partial charge in [0.1, 0.15) is 22.8 Å². The summed E-state index contributed by atoms with van der Waals surface area (Å²) in [6.07, 6.45) is 9.99. The van der Waals surface area contributed by atoms with Gasteiger partial charge in [-0.05, 0) is 57.8 Å². The minimum Gasteiger partial charge on any atom is -0.261 e. The molecule has 0 amide bonds. The third-order valence-electron chi connectivity index (χ3n) is 5.64. The van der Waals surface area contributed by atoms with Crippen molar-refractivity contribution in [2.75, 3.05) is 10.0 Å². The number of nitrogens with zero attached hydrogens (tertiary/aromatic N) is 13. The van der Waals surface area contributed by atoms with Crippen LogP contribution in [0, 0.1) is 0 Å². The summed E-state index contributed by atoms with van der Waals surface area (Å²) in [6, 6.07) is 9.30. The standard InChI is InChI=1S/C23H14N14S2/c1-2-6-25-14(4-1)18-19(22-27-7-3-8-28-22)20(15-12-24-9-10-26-15)36(17-5-11-38-32-17)37(23-30-33-34-31-23)21(18)16-13-39-35-29-16/h1-13H,(H,30,31,33,34). The Labute approximate surface area is 227 Å². The Morgan fingerprint density at radius 3 is 2.28 bits per heavy atom. The number of hydrogen-bond acceptors (Lipinski definition) is 15. The van der Waals surface area contributed by atoms with Crippen LogP contribution in [0.25, 0.3) is 22.5 Å². The maximum absolute atomic E-state index is 4.72. The molecule has 1 N–H and O–H groups in total. The number of hydrazine groups is 1. The Bertz CT molecular complexity index is 1740. The number of allylic oxidation sites excluding steroid dienone is 2. The second-order valence-corrected chi connectivity index (χ2v) is 9.10. The fourth-order valence-electron chi connectivity index (χ4n) is 4.19. The summed E-state index contributed by atoms with van der Waals surface area (Å²) in [5, 5.41) is 26.6. The predicted molar refractivity (Wildman–Crippen MR) is 143 cm³/mol. The van der Waals surface area contributed by atoms with Crippen molar-refractivity contribution < 1.29 is 0 Å². The minimum atomic E-state index is 0.300. The molecule has 1 aliphatic rings. The number of nitrogens with one attached hydrogen (secondary N) is 1. The van der Waals surface area contributed by atoms with Crippen LogP contribution in [0.2, 0.25) is 0 Å². The molecule has 39 heavy (non-hydrogen) atoms. The zero-order valence-electron chi connectivity index (χ0n) is 19.6. The Balaban J connectivity index is 1.69. The lowest BCUT2D eigenvalue weighted by Crippen LogP contribution is -2.45. The van der Waals surface area contributed by atoms with Gasteiger partial charge in [-0.15, -0.1) is 5.10 Å². The zero-order valence-corrected chi connectivity index (χ0v) is 21.3. The molecule has 0 aromatic carbocycles. The van der Waals surface area contributed by atoms with Gasteiger partial charge >= 0.3 is 0 Å². The van der Waals surface area contributed by atoms with Crippen LogP contribution in [0.1, 0.15) is 22.9 Å². The van der Waals surface area contributed by atoms with Crippen LogP contribution < -0.4 is 10.0 Å². The van der Waals surface area contributed by atoms with E-state index in [1.807, 2.05) is 40.0 Å². The Kier molecular flexibility index (Phi) is 5.76. The lowest BCUT2D eigenvalue weighted by Gasteiger charge is -2.41. The molecule has 0 bridgehead atoms. The van der Waals surface area contributed by atoms with Gasteiger partial charge < -0.3 is 0 Å². The fraction of sp³-hybridized carbons (Fsp3) is 0. The number of H-pyrrole nitrogens is 1. The molecule has 0 saturated heterocycles. The highest BCUT2D eigenvalue weighted by atomic mass is 32.1. The second-order valence-electron chi connectivity index (χ2n) is 7.82. The quantitative estimate of drug-likeness (QED) is 0.322. The lowest BCUT2D eigenvalue weighted by atomic mass is 9.92. The van der Waals surface area contributed by atoms with Crippen LogP contribution in [0.3, 0.4) is 0 Å². The van der Waals surface area contributed by atoms with Crippen molar-refractivity contribution in [3.63, 3.8) is 0 Å². The van der Waals surface area contributed by atoms with E-state index in [4.69, 9.17) is 4.98 Å². The summed E-state index contributed by atoms with van der Waals surface area (Å²) in [6.45, 7) is 0. The van der Waals surface area contributed by atoms with E-state index >= 15 is 0 Å². The Hall–Kier alpha value is -5.35. The summed E-state index contributed by atoms with van der Waals surface area (Å²) in [5.41, 5.74) is 4.21. The van der Waals surface area contributed by atoms with E-state index in [0.717, 1.165) is 0 Å². The molecule has 0 unspecified atom stereocenters. The van der Waals surface area contributed by atoms with Crippen molar-refractivity contribution in [3.8, 4) is 0 Å². The molecular weight excluding hydrogens is 536 g/mol. The summed E-state index contributed by atoms with van der Waals surface area (Å²) in [5.74, 6) is 1.31. The fourth-order valence-corrected chi connectivity index (χ4v) is 5.12. The molecule has 0 saturated carbocycles. The van der Waals surface area contributed by atoms with Crippen molar-refractivity contribution in [2.24, 2.45) is 0 Å². The first-order valence-corrected chi connectivity index (χ1v) is 13.0. The van der Waals surface area contributed by atoms with Gasteiger partial charge in [0.15, 0.2) is 11.6 Å². The monoisotopic (exact) mass is 550 g/mol. The highest BCUT2D eigenvalue weighted by Gasteiger charge is 2.42. The topological polar surface area (TPSA) is 164 Å². The van der Waals surface area contributed by atoms with Gasteiger partial charge in [0.05, 0.1) is 17.5 Å². The second kappa shape index (κ2) is 9.84. The average Bonchev–Trinajstić information content (AvgIpc) is 3.81. The highest BCUT2D eigenvalue weighted by Crippen LogP contribution is 2.49. The SMILES string of the molecule is c1ccc(C2=C(c3csnn3)N(c3nnn[nH]3)N(c3ccsn3)C(c3cnccn3)=C2c2ncccn2)nc1. The molecule has 188 valence electrons. The first-order valence-electron chi connectivity index (χ1n) is 11.4. The summed E-state index contributed by atoms with van der Waals surface area (Å²) in [4.78, 5) is 23.0. The largest absolute Gasteiger partial charge is 0.267 e. The summed E-state index contributed by atoms with van der Waals surface area (Å²) in [7, 11) is 0. The number of pyridine rings is 1. The van der Waals surface area contributed by atoms with Crippen molar-refractivity contribution in [2.45, 2.75) is 0 Å². The molecule has 0 radical (unpaired) electrons. The first-order chi connectivity index (χ1) is 19.4. The Morgan fingerprint density at radius 2 is 1.59 bits per heavy atom. The molecule has 6 aromatic rings. The maximum atomic E-state index is 4.72. The highest BCUT2D eigenvalue weighted by molar-refractivity contribution is 7.04. The van der Waals surface area contributed by atoms with Crippen molar-refractivity contribution in [3.05, 3.63) is 101 Å². The molecule has 7 rings (SSSR count). The molecule has 14 nitrogen and oxygen atoms in total. The molecule has 6 aromatic heterocycles. The van der Waals surface area contributed by atoms with Crippen LogP contribution in [0.15, 0.2) is 78.3 Å². The third kappa shape index (κ3) is 3.99. The number of hydrogen-bond donors (Lipinski definition) is 1. The van der Waals surface area contributed by atoms with E-state index in [1.54, 1.807) is 48.3 Å². The van der Waals surface area contributed by atoms with E-state index in [0.29, 0.717) is 57.2 Å². The van der Waals surface area contributed by atoms with Crippen LogP contribution in [-0.2, 0) is 0 Å². The number of aromatic nitrogens is 12. The molecule has 0 aliphatic carbocycles. The van der Waals surface area contributed by atoms with Gasteiger partial charge in [0.2, 0.25) is 0 Å². The van der Waals surface area contributed by atoms with E-state index in [1.165, 1.54) is 23.1 Å². The molecule has 16 heteroatoms. The molecule has 0 fully saturated rings. The number of tetrazole rings is 1. The van der Waals surface area contributed by atoms with Gasteiger partial charge in [0, 0.05) is 47.3 Å². The van der Waals surface area contributed by atoms with Gasteiger partial charge in [0.25, 0.3) is 5.95 Å². The molecule has 1 aliphatic heterocycles. The van der Waals surface area contributed by atoms with E-state index in [2.05, 4.69) is 54.5 Å². The van der Waals surface area contributed by atoms with Crippen LogP contribution >= 0.6 is 23.1 Å². The van der Waals surface area contributed by atoms with Crippen molar-refractivity contribution in [1.82, 2.24) is 59.5 Å². The number of anilines is 2. The summed E-state index contributed by atoms with van der Waals surface area (Å²) < 4.78 is 8.82. The van der Waals surface area contributed by atoms with Crippen LogP contribution in [-0.4, -0.2) is 59.5 Å². The maximum Gasteiger partial charge on any atom is 0.267 e. The van der Waals surface area contributed by atoms with Gasteiger partial charge in [-0.25, -0.2) is 25.1 Å². The number of rotatable bonds is 6. The summed E-state index contributed by atoms with van der Waals surface area (Å²) >= 11 is 2.52. The minimum absolute atomic E-state index is 0.300. The van der Waals surface area contributed by atoms with Crippen LogP contribution in [0.4, 0.5) is 11.8 Å². The third-order valence-corrected chi connectivity index (χ3v) is 6.70. The van der Waals surface area contributed by atoms with Crippen LogP contribution in [0.5, 0.6) is 0 Å². The smallest absolute Gasteiger partial charge is 0.261 e. The van der Waals surface area contributed by atoms with E-state index in [9.17, 15) is 0 Å². The van der Waals surface area contributed by atoms with Crippen molar-refractivity contribution >= 4 is 57.4 Å². The molecule has 0 atom stereocenters. The predicted octanol–water partition coefficient (Wildman–Crippen LogP) is 2.86. The van der Waals surface area contributed by atoms with Crippen molar-refractivity contribution in [1.29, 1.82) is 0 Å². The number of aromatic amines is 1. The van der Waals surface area contributed by atoms with Gasteiger partial charge in [-0.3, -0.25) is 15.0 Å². The normalized spacial score (nSPS) is 13.8. The average molecular weight is 551 g/mol. The first kappa shape index (κ1) is 22.8. The van der Waals surface area contributed by atoms with Gasteiger partial charge in [-0.1, -0.05) is 15.7 Å². The Morgan fingerprint density at radius 1 is 0.718 bits per heavy atom. The molecule has 0 spiro atoms. The van der Waals surface area contributed by atoms with E-state index in [-0.39, 0.29) is 0 Å². The van der Waals surface area contributed by atoms with Gasteiger partial charge in [-0.2, -0.15) is 4.37 Å². The molecular formula is C23H14N14S2. The molecule has 7 heterocycles.